The van der Waals surface area contributed by atoms with E-state index < -0.39 is 0 Å². The fourth-order valence-corrected chi connectivity index (χ4v) is 1.73. The third-order valence-corrected chi connectivity index (χ3v) is 2.68. The van der Waals surface area contributed by atoms with Gasteiger partial charge in [-0.05, 0) is 18.6 Å². The van der Waals surface area contributed by atoms with Gasteiger partial charge in [0, 0.05) is 25.2 Å². The van der Waals surface area contributed by atoms with Crippen molar-refractivity contribution in [3.05, 3.63) is 23.9 Å². The van der Waals surface area contributed by atoms with Crippen molar-refractivity contribution in [1.29, 1.82) is 0 Å². The molecule has 1 aliphatic rings. The highest BCUT2D eigenvalue weighted by molar-refractivity contribution is 5.98. The van der Waals surface area contributed by atoms with E-state index in [9.17, 15) is 9.59 Å². The number of hydrogen-bond donors (Lipinski definition) is 3. The third kappa shape index (κ3) is 2.72. The van der Waals surface area contributed by atoms with Crippen molar-refractivity contribution in [3.8, 4) is 0 Å². The van der Waals surface area contributed by atoms with Crippen LogP contribution >= 0.6 is 0 Å². The number of nitrogen functional groups attached to an aromatic ring is 1. The van der Waals surface area contributed by atoms with Gasteiger partial charge in [-0.15, -0.1) is 0 Å². The SMILES string of the molecule is Nc1ncccc1C(=O)NC1CCC(=O)NC1. The number of carbonyl (C=O) groups excluding carboxylic acids is 2. The predicted molar refractivity (Wildman–Crippen MR) is 62.1 cm³/mol. The molecular formula is C11H14N4O2. The molecule has 4 N–H and O–H groups in total. The molecule has 6 heteroatoms. The maximum Gasteiger partial charge on any atom is 0.255 e. The number of hydrogen-bond acceptors (Lipinski definition) is 4. The van der Waals surface area contributed by atoms with Gasteiger partial charge in [-0.1, -0.05) is 0 Å². The van der Waals surface area contributed by atoms with Crippen molar-refractivity contribution in [3.63, 3.8) is 0 Å². The van der Waals surface area contributed by atoms with E-state index in [1.165, 1.54) is 6.20 Å². The lowest BCUT2D eigenvalue weighted by Gasteiger charge is -2.23. The minimum Gasteiger partial charge on any atom is -0.383 e. The Hall–Kier alpha value is -2.11. The van der Waals surface area contributed by atoms with Crippen molar-refractivity contribution in [2.24, 2.45) is 0 Å². The summed E-state index contributed by atoms with van der Waals surface area (Å²) in [5.41, 5.74) is 5.97. The number of rotatable bonds is 2. The van der Waals surface area contributed by atoms with E-state index in [2.05, 4.69) is 15.6 Å². The van der Waals surface area contributed by atoms with Crippen molar-refractivity contribution in [2.45, 2.75) is 18.9 Å². The summed E-state index contributed by atoms with van der Waals surface area (Å²) in [6, 6.07) is 3.24. The number of pyridine rings is 1. The largest absolute Gasteiger partial charge is 0.383 e. The molecule has 2 heterocycles. The van der Waals surface area contributed by atoms with Crippen molar-refractivity contribution >= 4 is 17.6 Å². The quantitative estimate of drug-likeness (QED) is 0.652. The molecular weight excluding hydrogens is 220 g/mol. The zero-order valence-corrected chi connectivity index (χ0v) is 9.27. The molecule has 1 aromatic heterocycles. The number of piperidine rings is 1. The summed E-state index contributed by atoms with van der Waals surface area (Å²) >= 11 is 0. The zero-order chi connectivity index (χ0) is 12.3. The van der Waals surface area contributed by atoms with Gasteiger partial charge < -0.3 is 16.4 Å². The second-order valence-electron chi connectivity index (χ2n) is 3.95. The average Bonchev–Trinajstić information content (AvgIpc) is 2.32. The van der Waals surface area contributed by atoms with Gasteiger partial charge >= 0.3 is 0 Å². The zero-order valence-electron chi connectivity index (χ0n) is 9.27. The summed E-state index contributed by atoms with van der Waals surface area (Å²) in [4.78, 5) is 26.7. The van der Waals surface area contributed by atoms with E-state index in [0.29, 0.717) is 24.9 Å². The van der Waals surface area contributed by atoms with Crippen LogP contribution in [0.1, 0.15) is 23.2 Å². The lowest BCUT2D eigenvalue weighted by molar-refractivity contribution is -0.122. The van der Waals surface area contributed by atoms with Crippen molar-refractivity contribution < 1.29 is 9.59 Å². The van der Waals surface area contributed by atoms with E-state index in [4.69, 9.17) is 5.73 Å². The first-order valence-corrected chi connectivity index (χ1v) is 5.45. The number of anilines is 1. The fraction of sp³-hybridized carbons (Fsp3) is 0.364. The Labute approximate surface area is 98.6 Å². The van der Waals surface area contributed by atoms with Gasteiger partial charge in [-0.3, -0.25) is 9.59 Å². The Morgan fingerprint density at radius 1 is 1.59 bits per heavy atom. The number of amides is 2. The molecule has 2 rings (SSSR count). The first kappa shape index (κ1) is 11.4. The standard InChI is InChI=1S/C11H14N4O2/c12-10-8(2-1-5-13-10)11(17)15-7-3-4-9(16)14-6-7/h1-2,5,7H,3-4,6H2,(H2,12,13)(H,14,16)(H,15,17). The average molecular weight is 234 g/mol. The molecule has 0 radical (unpaired) electrons. The second-order valence-corrected chi connectivity index (χ2v) is 3.95. The summed E-state index contributed by atoms with van der Waals surface area (Å²) in [5, 5.41) is 5.53. The smallest absolute Gasteiger partial charge is 0.255 e. The van der Waals surface area contributed by atoms with E-state index in [1.54, 1.807) is 12.1 Å². The molecule has 1 saturated heterocycles. The van der Waals surface area contributed by atoms with E-state index >= 15 is 0 Å². The molecule has 6 nitrogen and oxygen atoms in total. The van der Waals surface area contributed by atoms with Crippen LogP contribution in [-0.2, 0) is 4.79 Å². The molecule has 1 aromatic rings. The van der Waals surface area contributed by atoms with Crippen LogP contribution in [0.3, 0.4) is 0 Å². The van der Waals surface area contributed by atoms with Crippen LogP contribution in [0.15, 0.2) is 18.3 Å². The Balaban J connectivity index is 1.98. The number of carbonyl (C=O) groups is 2. The molecule has 0 bridgehead atoms. The monoisotopic (exact) mass is 234 g/mol. The maximum atomic E-state index is 11.9. The fourth-order valence-electron chi connectivity index (χ4n) is 1.73. The van der Waals surface area contributed by atoms with E-state index in [1.807, 2.05) is 0 Å². The van der Waals surface area contributed by atoms with Gasteiger partial charge in [0.25, 0.3) is 5.91 Å². The van der Waals surface area contributed by atoms with Gasteiger partial charge in [0.2, 0.25) is 5.91 Å². The third-order valence-electron chi connectivity index (χ3n) is 2.68. The minimum atomic E-state index is -0.253. The topological polar surface area (TPSA) is 97.1 Å². The lowest BCUT2D eigenvalue weighted by atomic mass is 10.1. The number of nitrogens with zero attached hydrogens (tertiary/aromatic N) is 1. The lowest BCUT2D eigenvalue weighted by Crippen LogP contribution is -2.47. The van der Waals surface area contributed by atoms with Crippen molar-refractivity contribution in [1.82, 2.24) is 15.6 Å². The van der Waals surface area contributed by atoms with Crippen LogP contribution in [0.5, 0.6) is 0 Å². The second kappa shape index (κ2) is 4.82. The van der Waals surface area contributed by atoms with Crippen molar-refractivity contribution in [2.75, 3.05) is 12.3 Å². The normalized spacial score (nSPS) is 19.5. The van der Waals surface area contributed by atoms with Crippen LogP contribution in [-0.4, -0.2) is 29.4 Å². The van der Waals surface area contributed by atoms with Gasteiger partial charge in [-0.2, -0.15) is 0 Å². The molecule has 1 atom stereocenters. The first-order valence-electron chi connectivity index (χ1n) is 5.45. The number of nitrogens with two attached hydrogens (primary N) is 1. The summed E-state index contributed by atoms with van der Waals surface area (Å²) in [5.74, 6) is -0.0158. The molecule has 0 aromatic carbocycles. The Kier molecular flexibility index (Phi) is 3.22. The van der Waals surface area contributed by atoms with E-state index in [0.717, 1.165) is 0 Å². The highest BCUT2D eigenvalue weighted by Crippen LogP contribution is 2.09. The van der Waals surface area contributed by atoms with Crippen LogP contribution < -0.4 is 16.4 Å². The summed E-state index contributed by atoms with van der Waals surface area (Å²) in [6.07, 6.45) is 2.62. The van der Waals surface area contributed by atoms with Crippen LogP contribution in [0, 0.1) is 0 Å². The highest BCUT2D eigenvalue weighted by atomic mass is 16.2. The first-order chi connectivity index (χ1) is 8.16. The molecule has 1 fully saturated rings. The molecule has 17 heavy (non-hydrogen) atoms. The minimum absolute atomic E-state index is 0.0244. The molecule has 0 saturated carbocycles. The van der Waals surface area contributed by atoms with Crippen LogP contribution in [0.4, 0.5) is 5.82 Å². The summed E-state index contributed by atoms with van der Waals surface area (Å²) < 4.78 is 0. The molecule has 2 amide bonds. The summed E-state index contributed by atoms with van der Waals surface area (Å²) in [6.45, 7) is 0.463. The Bertz CT molecular complexity index is 437. The number of aromatic nitrogens is 1. The van der Waals surface area contributed by atoms with Gasteiger partial charge in [0.15, 0.2) is 0 Å². The van der Waals surface area contributed by atoms with Gasteiger partial charge in [-0.25, -0.2) is 4.98 Å². The molecule has 0 spiro atoms. The maximum absolute atomic E-state index is 11.9. The molecule has 1 aliphatic heterocycles. The van der Waals surface area contributed by atoms with Gasteiger partial charge in [0.1, 0.15) is 5.82 Å². The van der Waals surface area contributed by atoms with E-state index in [-0.39, 0.29) is 23.7 Å². The molecule has 1 unspecified atom stereocenters. The Morgan fingerprint density at radius 3 is 3.06 bits per heavy atom. The van der Waals surface area contributed by atoms with Crippen LogP contribution in [0.2, 0.25) is 0 Å². The summed E-state index contributed by atoms with van der Waals surface area (Å²) in [7, 11) is 0. The number of nitrogens with one attached hydrogen (secondary N) is 2. The van der Waals surface area contributed by atoms with Gasteiger partial charge in [0.05, 0.1) is 5.56 Å². The molecule has 0 aliphatic carbocycles. The van der Waals surface area contributed by atoms with Crippen LogP contribution in [0.25, 0.3) is 0 Å². The Morgan fingerprint density at radius 2 is 2.41 bits per heavy atom. The molecule has 90 valence electrons. The predicted octanol–water partition coefficient (Wildman–Crippen LogP) is -0.328. The highest BCUT2D eigenvalue weighted by Gasteiger charge is 2.20.